The molecule has 0 spiro atoms. The third-order valence-corrected chi connectivity index (χ3v) is 3.88. The van der Waals surface area contributed by atoms with E-state index < -0.39 is 0 Å². The van der Waals surface area contributed by atoms with E-state index in [4.69, 9.17) is 9.47 Å². The summed E-state index contributed by atoms with van der Waals surface area (Å²) in [6, 6.07) is 0. The van der Waals surface area contributed by atoms with Crippen molar-refractivity contribution in [2.75, 3.05) is 14.2 Å². The Labute approximate surface area is 139 Å². The lowest BCUT2D eigenvalue weighted by Crippen LogP contribution is -1.98. The van der Waals surface area contributed by atoms with Gasteiger partial charge in [-0.05, 0) is 47.0 Å². The molecule has 0 saturated carbocycles. The quantitative estimate of drug-likeness (QED) is 0.567. The summed E-state index contributed by atoms with van der Waals surface area (Å²) >= 11 is 0. The smallest absolute Gasteiger partial charge is 0.207 e. The van der Waals surface area contributed by atoms with E-state index in [1.165, 1.54) is 25.4 Å². The van der Waals surface area contributed by atoms with Crippen LogP contribution < -0.4 is 9.47 Å². The molecule has 0 aliphatic rings. The van der Waals surface area contributed by atoms with Crippen molar-refractivity contribution in [1.82, 2.24) is 0 Å². The Balaban J connectivity index is 3.05. The van der Waals surface area contributed by atoms with Crippen LogP contribution in [0.15, 0.2) is 23.3 Å². The van der Waals surface area contributed by atoms with Crippen molar-refractivity contribution < 1.29 is 19.7 Å². The van der Waals surface area contributed by atoms with Crippen LogP contribution in [0.5, 0.6) is 23.0 Å². The molecule has 0 amide bonds. The zero-order valence-corrected chi connectivity index (χ0v) is 15.0. The Kier molecular flexibility index (Phi) is 7.01. The Hall–Kier alpha value is -2.10. The summed E-state index contributed by atoms with van der Waals surface area (Å²) < 4.78 is 10.3. The second-order valence-corrected chi connectivity index (χ2v) is 5.94. The molecular weight excluding hydrogens is 292 g/mol. The second kappa shape index (κ2) is 8.51. The van der Waals surface area contributed by atoms with E-state index in [0.717, 1.165) is 12.8 Å². The first-order chi connectivity index (χ1) is 10.8. The highest BCUT2D eigenvalue weighted by Crippen LogP contribution is 2.48. The summed E-state index contributed by atoms with van der Waals surface area (Å²) in [4.78, 5) is 0. The minimum absolute atomic E-state index is 0.00717. The highest BCUT2D eigenvalue weighted by atomic mass is 16.5. The standard InChI is InChI=1S/C19H28O4/c1-12(2)8-7-9-13(3)10-11-15-14(4)16(20)18(22-5)19(23-6)17(15)21/h8,10,20-21H,7,9,11H2,1-6H3/b13-10-. The molecule has 0 aliphatic heterocycles. The van der Waals surface area contributed by atoms with Gasteiger partial charge in [0.1, 0.15) is 0 Å². The molecule has 1 rings (SSSR count). The number of ether oxygens (including phenoxy) is 2. The molecule has 2 N–H and O–H groups in total. The predicted octanol–water partition coefficient (Wildman–Crippen LogP) is 4.66. The minimum Gasteiger partial charge on any atom is -0.504 e. The Morgan fingerprint density at radius 3 is 2.04 bits per heavy atom. The lowest BCUT2D eigenvalue weighted by Gasteiger charge is -2.17. The maximum atomic E-state index is 10.4. The van der Waals surface area contributed by atoms with Gasteiger partial charge in [-0.25, -0.2) is 0 Å². The summed E-state index contributed by atoms with van der Waals surface area (Å²) in [6.45, 7) is 8.02. The molecule has 0 aromatic heterocycles. The van der Waals surface area contributed by atoms with Crippen molar-refractivity contribution in [3.63, 3.8) is 0 Å². The number of hydrogen-bond donors (Lipinski definition) is 2. The molecule has 0 fully saturated rings. The van der Waals surface area contributed by atoms with Crippen LogP contribution in [0.25, 0.3) is 0 Å². The SMILES string of the molecule is COc1c(O)c(C)c(C/C=C(/C)CCC=C(C)C)c(O)c1OC. The first kappa shape index (κ1) is 18.9. The van der Waals surface area contributed by atoms with Gasteiger partial charge >= 0.3 is 0 Å². The number of benzene rings is 1. The van der Waals surface area contributed by atoms with Crippen LogP contribution in [-0.2, 0) is 6.42 Å². The van der Waals surface area contributed by atoms with Crippen LogP contribution in [-0.4, -0.2) is 24.4 Å². The van der Waals surface area contributed by atoms with Crippen molar-refractivity contribution in [3.8, 4) is 23.0 Å². The van der Waals surface area contributed by atoms with Gasteiger partial charge < -0.3 is 19.7 Å². The summed E-state index contributed by atoms with van der Waals surface area (Å²) in [5, 5.41) is 20.7. The van der Waals surface area contributed by atoms with Gasteiger partial charge in [0.15, 0.2) is 11.5 Å². The van der Waals surface area contributed by atoms with Crippen molar-refractivity contribution >= 4 is 0 Å². The molecule has 1 aromatic carbocycles. The van der Waals surface area contributed by atoms with Gasteiger partial charge in [0.2, 0.25) is 11.5 Å². The van der Waals surface area contributed by atoms with Crippen LogP contribution in [0.4, 0.5) is 0 Å². The normalized spacial score (nSPS) is 11.3. The topological polar surface area (TPSA) is 58.9 Å². The lowest BCUT2D eigenvalue weighted by molar-refractivity contribution is 0.314. The van der Waals surface area contributed by atoms with E-state index in [2.05, 4.69) is 32.9 Å². The number of phenolic OH excluding ortho intramolecular Hbond substituents is 2. The molecule has 128 valence electrons. The molecule has 0 saturated heterocycles. The van der Waals surface area contributed by atoms with Gasteiger partial charge in [-0.15, -0.1) is 0 Å². The van der Waals surface area contributed by atoms with Crippen LogP contribution in [0.1, 0.15) is 44.7 Å². The molecular formula is C19H28O4. The average Bonchev–Trinajstić information content (AvgIpc) is 2.50. The zero-order chi connectivity index (χ0) is 17.6. The number of allylic oxidation sites excluding steroid dienone is 4. The molecule has 0 bridgehead atoms. The molecule has 23 heavy (non-hydrogen) atoms. The van der Waals surface area contributed by atoms with Crippen molar-refractivity contribution in [2.24, 2.45) is 0 Å². The summed E-state index contributed by atoms with van der Waals surface area (Å²) in [7, 11) is 2.88. The number of aromatic hydroxyl groups is 2. The largest absolute Gasteiger partial charge is 0.504 e. The van der Waals surface area contributed by atoms with E-state index in [0.29, 0.717) is 17.5 Å². The van der Waals surface area contributed by atoms with Crippen LogP contribution >= 0.6 is 0 Å². The highest BCUT2D eigenvalue weighted by molar-refractivity contribution is 5.66. The number of hydrogen-bond acceptors (Lipinski definition) is 4. The van der Waals surface area contributed by atoms with Crippen LogP contribution in [0.3, 0.4) is 0 Å². The third kappa shape index (κ3) is 4.68. The summed E-state index contributed by atoms with van der Waals surface area (Å²) in [5.74, 6) is 0.359. The van der Waals surface area contributed by atoms with Crippen LogP contribution in [0, 0.1) is 6.92 Å². The maximum Gasteiger partial charge on any atom is 0.207 e. The first-order valence-corrected chi connectivity index (χ1v) is 7.77. The Bertz CT molecular complexity index is 609. The molecule has 0 unspecified atom stereocenters. The maximum absolute atomic E-state index is 10.4. The molecule has 4 nitrogen and oxygen atoms in total. The van der Waals surface area contributed by atoms with Gasteiger partial charge in [-0.1, -0.05) is 23.3 Å². The Morgan fingerprint density at radius 1 is 0.957 bits per heavy atom. The molecule has 0 radical (unpaired) electrons. The Morgan fingerprint density at radius 2 is 1.52 bits per heavy atom. The first-order valence-electron chi connectivity index (χ1n) is 7.77. The summed E-state index contributed by atoms with van der Waals surface area (Å²) in [6.07, 6.45) is 6.80. The second-order valence-electron chi connectivity index (χ2n) is 5.94. The van der Waals surface area contributed by atoms with E-state index in [1.807, 2.05) is 0 Å². The van der Waals surface area contributed by atoms with Crippen molar-refractivity contribution in [3.05, 3.63) is 34.4 Å². The van der Waals surface area contributed by atoms with E-state index in [-0.39, 0.29) is 23.0 Å². The number of phenols is 2. The average molecular weight is 320 g/mol. The molecule has 0 heterocycles. The monoisotopic (exact) mass is 320 g/mol. The van der Waals surface area contributed by atoms with Gasteiger partial charge in [0.25, 0.3) is 0 Å². The van der Waals surface area contributed by atoms with E-state index >= 15 is 0 Å². The highest BCUT2D eigenvalue weighted by Gasteiger charge is 2.22. The lowest BCUT2D eigenvalue weighted by atomic mass is 9.99. The fraction of sp³-hybridized carbons (Fsp3) is 0.474. The van der Waals surface area contributed by atoms with Gasteiger partial charge in [-0.2, -0.15) is 0 Å². The van der Waals surface area contributed by atoms with Gasteiger partial charge in [-0.3, -0.25) is 0 Å². The predicted molar refractivity (Wildman–Crippen MR) is 93.7 cm³/mol. The van der Waals surface area contributed by atoms with Gasteiger partial charge in [0, 0.05) is 11.1 Å². The van der Waals surface area contributed by atoms with Crippen molar-refractivity contribution in [2.45, 2.75) is 47.0 Å². The fourth-order valence-corrected chi connectivity index (χ4v) is 2.44. The van der Waals surface area contributed by atoms with Crippen molar-refractivity contribution in [1.29, 1.82) is 0 Å². The third-order valence-electron chi connectivity index (χ3n) is 3.88. The zero-order valence-electron chi connectivity index (χ0n) is 15.0. The molecule has 1 aromatic rings. The van der Waals surface area contributed by atoms with E-state index in [9.17, 15) is 10.2 Å². The van der Waals surface area contributed by atoms with E-state index in [1.54, 1.807) is 6.92 Å². The number of methoxy groups -OCH3 is 2. The molecule has 0 atom stereocenters. The van der Waals surface area contributed by atoms with Crippen LogP contribution in [0.2, 0.25) is 0 Å². The summed E-state index contributed by atoms with van der Waals surface area (Å²) in [5.41, 5.74) is 3.82. The molecule has 0 aliphatic carbocycles. The number of rotatable bonds is 7. The molecule has 4 heteroatoms. The minimum atomic E-state index is 0.00717. The van der Waals surface area contributed by atoms with Gasteiger partial charge in [0.05, 0.1) is 14.2 Å². The fourth-order valence-electron chi connectivity index (χ4n) is 2.44.